The van der Waals surface area contributed by atoms with Crippen molar-refractivity contribution in [1.29, 1.82) is 0 Å². The summed E-state index contributed by atoms with van der Waals surface area (Å²) in [5.74, 6) is 0.379. The molecular weight excluding hydrogens is 427 g/mol. The topological polar surface area (TPSA) is 49.4 Å². The quantitative estimate of drug-likeness (QED) is 0.516. The highest BCUT2D eigenvalue weighted by molar-refractivity contribution is 7.99. The van der Waals surface area contributed by atoms with Crippen LogP contribution in [0.15, 0.2) is 53.4 Å². The lowest BCUT2D eigenvalue weighted by Gasteiger charge is -2.29. The van der Waals surface area contributed by atoms with Gasteiger partial charge < -0.3 is 10.2 Å². The summed E-state index contributed by atoms with van der Waals surface area (Å²) >= 11 is 13.6. The molecule has 0 bridgehead atoms. The fourth-order valence-corrected chi connectivity index (χ4v) is 3.93. The van der Waals surface area contributed by atoms with E-state index in [0.29, 0.717) is 28.8 Å². The average molecular weight is 453 g/mol. The number of nitrogens with one attached hydrogen (secondary N) is 1. The third-order valence-corrected chi connectivity index (χ3v) is 5.74. The van der Waals surface area contributed by atoms with Crippen molar-refractivity contribution >= 4 is 46.8 Å². The van der Waals surface area contributed by atoms with Crippen molar-refractivity contribution in [1.82, 2.24) is 10.2 Å². The van der Waals surface area contributed by atoms with Crippen molar-refractivity contribution < 1.29 is 9.59 Å². The fourth-order valence-electron chi connectivity index (χ4n) is 2.75. The number of hydrogen-bond donors (Lipinski definition) is 1. The van der Waals surface area contributed by atoms with Crippen LogP contribution in [-0.4, -0.2) is 34.6 Å². The standard InChI is InChI=1S/C22H26Cl2N2O2S/c1-15(2)25-22(28)16(3)26(14-17-5-4-6-19(24)13-17)21(27)11-12-29-20-9-7-18(23)8-10-20/h4-10,13,15-16H,11-12,14H2,1-3H3,(H,25,28)/t16-/m1/s1. The Morgan fingerprint density at radius 1 is 1.03 bits per heavy atom. The third kappa shape index (κ3) is 7.92. The molecule has 2 rings (SSSR count). The van der Waals surface area contributed by atoms with Crippen LogP contribution in [0.3, 0.4) is 0 Å². The number of amides is 2. The molecule has 1 N–H and O–H groups in total. The maximum atomic E-state index is 13.0. The molecule has 2 aromatic carbocycles. The first kappa shape index (κ1) is 23.6. The van der Waals surface area contributed by atoms with Gasteiger partial charge in [-0.05, 0) is 62.7 Å². The van der Waals surface area contributed by atoms with Gasteiger partial charge in [-0.15, -0.1) is 11.8 Å². The van der Waals surface area contributed by atoms with Crippen molar-refractivity contribution in [3.63, 3.8) is 0 Å². The van der Waals surface area contributed by atoms with Gasteiger partial charge in [0.1, 0.15) is 6.04 Å². The van der Waals surface area contributed by atoms with Gasteiger partial charge in [-0.2, -0.15) is 0 Å². The van der Waals surface area contributed by atoms with E-state index in [1.54, 1.807) is 29.7 Å². The Balaban J connectivity index is 2.06. The number of thioether (sulfide) groups is 1. The van der Waals surface area contributed by atoms with E-state index in [2.05, 4.69) is 5.32 Å². The number of carbonyl (C=O) groups excluding carboxylic acids is 2. The molecule has 29 heavy (non-hydrogen) atoms. The van der Waals surface area contributed by atoms with Crippen LogP contribution in [0.1, 0.15) is 32.8 Å². The van der Waals surface area contributed by atoms with Crippen molar-refractivity contribution in [2.75, 3.05) is 5.75 Å². The number of nitrogens with zero attached hydrogens (tertiary/aromatic N) is 1. The predicted octanol–water partition coefficient (Wildman–Crippen LogP) is 5.42. The molecule has 2 aromatic rings. The lowest BCUT2D eigenvalue weighted by atomic mass is 10.1. The molecule has 0 fully saturated rings. The van der Waals surface area contributed by atoms with Gasteiger partial charge in [-0.3, -0.25) is 9.59 Å². The monoisotopic (exact) mass is 452 g/mol. The van der Waals surface area contributed by atoms with Gasteiger partial charge in [0, 0.05) is 39.7 Å². The minimum Gasteiger partial charge on any atom is -0.352 e. The fraction of sp³-hybridized carbons (Fsp3) is 0.364. The zero-order valence-electron chi connectivity index (χ0n) is 16.8. The first-order valence-corrected chi connectivity index (χ1v) is 11.2. The van der Waals surface area contributed by atoms with Crippen LogP contribution in [-0.2, 0) is 16.1 Å². The van der Waals surface area contributed by atoms with E-state index in [9.17, 15) is 9.59 Å². The van der Waals surface area contributed by atoms with Crippen LogP contribution in [0.25, 0.3) is 0 Å². The lowest BCUT2D eigenvalue weighted by Crippen LogP contribution is -2.49. The third-order valence-electron chi connectivity index (χ3n) is 4.24. The lowest BCUT2D eigenvalue weighted by molar-refractivity contribution is -0.140. The molecule has 0 aliphatic heterocycles. The molecule has 156 valence electrons. The number of hydrogen-bond acceptors (Lipinski definition) is 3. The SMILES string of the molecule is CC(C)NC(=O)[C@@H](C)N(Cc1cccc(Cl)c1)C(=O)CCSc1ccc(Cl)cc1. The van der Waals surface area contributed by atoms with Gasteiger partial charge in [-0.25, -0.2) is 0 Å². The zero-order chi connectivity index (χ0) is 21.4. The Kier molecular flexibility index (Phi) is 9.34. The Bertz CT molecular complexity index is 828. The van der Waals surface area contributed by atoms with Gasteiger partial charge in [-0.1, -0.05) is 35.3 Å². The van der Waals surface area contributed by atoms with E-state index in [1.807, 2.05) is 56.3 Å². The summed E-state index contributed by atoms with van der Waals surface area (Å²) in [6.07, 6.45) is 0.327. The summed E-state index contributed by atoms with van der Waals surface area (Å²) in [6.45, 7) is 5.89. The Hall–Kier alpha value is -1.69. The summed E-state index contributed by atoms with van der Waals surface area (Å²) in [4.78, 5) is 28.2. The number of carbonyl (C=O) groups is 2. The number of halogens is 2. The van der Waals surface area contributed by atoms with Gasteiger partial charge in [0.05, 0.1) is 0 Å². The Morgan fingerprint density at radius 3 is 2.34 bits per heavy atom. The highest BCUT2D eigenvalue weighted by atomic mass is 35.5. The maximum Gasteiger partial charge on any atom is 0.242 e. The number of benzene rings is 2. The summed E-state index contributed by atoms with van der Waals surface area (Å²) in [5.41, 5.74) is 0.889. The van der Waals surface area contributed by atoms with E-state index < -0.39 is 6.04 Å². The van der Waals surface area contributed by atoms with Crippen LogP contribution in [0.2, 0.25) is 10.0 Å². The van der Waals surface area contributed by atoms with Crippen molar-refractivity contribution in [3.05, 3.63) is 64.1 Å². The molecule has 0 saturated carbocycles. The van der Waals surface area contributed by atoms with Gasteiger partial charge in [0.15, 0.2) is 0 Å². The first-order valence-electron chi connectivity index (χ1n) is 9.49. The second kappa shape index (κ2) is 11.5. The Labute approximate surface area is 187 Å². The highest BCUT2D eigenvalue weighted by Gasteiger charge is 2.26. The second-order valence-corrected chi connectivity index (χ2v) is 9.08. The molecule has 0 saturated heterocycles. The molecule has 1 atom stereocenters. The van der Waals surface area contributed by atoms with Gasteiger partial charge >= 0.3 is 0 Å². The largest absolute Gasteiger partial charge is 0.352 e. The molecular formula is C22H26Cl2N2O2S. The van der Waals surface area contributed by atoms with Crippen LogP contribution in [0, 0.1) is 0 Å². The summed E-state index contributed by atoms with van der Waals surface area (Å²) in [6, 6.07) is 14.3. The van der Waals surface area contributed by atoms with Crippen molar-refractivity contribution in [2.24, 2.45) is 0 Å². The Morgan fingerprint density at radius 2 is 1.72 bits per heavy atom. The molecule has 0 unspecified atom stereocenters. The van der Waals surface area contributed by atoms with Crippen LogP contribution < -0.4 is 5.32 Å². The van der Waals surface area contributed by atoms with E-state index >= 15 is 0 Å². The molecule has 0 aromatic heterocycles. The molecule has 0 heterocycles. The van der Waals surface area contributed by atoms with Crippen molar-refractivity contribution in [3.8, 4) is 0 Å². The van der Waals surface area contributed by atoms with Crippen molar-refractivity contribution in [2.45, 2.75) is 50.7 Å². The molecule has 4 nitrogen and oxygen atoms in total. The first-order chi connectivity index (χ1) is 13.8. The summed E-state index contributed by atoms with van der Waals surface area (Å²) < 4.78 is 0. The normalized spacial score (nSPS) is 11.9. The summed E-state index contributed by atoms with van der Waals surface area (Å²) in [5, 5.41) is 4.17. The van der Waals surface area contributed by atoms with Gasteiger partial charge in [0.2, 0.25) is 11.8 Å². The van der Waals surface area contributed by atoms with E-state index in [4.69, 9.17) is 23.2 Å². The highest BCUT2D eigenvalue weighted by Crippen LogP contribution is 2.22. The molecule has 0 spiro atoms. The van der Waals surface area contributed by atoms with E-state index in [1.165, 1.54) is 0 Å². The van der Waals surface area contributed by atoms with Crippen LogP contribution >= 0.6 is 35.0 Å². The van der Waals surface area contributed by atoms with Crippen LogP contribution in [0.4, 0.5) is 0 Å². The van der Waals surface area contributed by atoms with E-state index in [-0.39, 0.29) is 17.9 Å². The summed E-state index contributed by atoms with van der Waals surface area (Å²) in [7, 11) is 0. The maximum absolute atomic E-state index is 13.0. The molecule has 0 aliphatic rings. The van der Waals surface area contributed by atoms with Gasteiger partial charge in [0.25, 0.3) is 0 Å². The molecule has 7 heteroatoms. The zero-order valence-corrected chi connectivity index (χ0v) is 19.2. The molecule has 0 aliphatic carbocycles. The molecule has 0 radical (unpaired) electrons. The van der Waals surface area contributed by atoms with Crippen LogP contribution in [0.5, 0.6) is 0 Å². The smallest absolute Gasteiger partial charge is 0.242 e. The minimum atomic E-state index is -0.579. The second-order valence-electron chi connectivity index (χ2n) is 7.04. The number of rotatable bonds is 9. The average Bonchev–Trinajstić information content (AvgIpc) is 2.66. The molecule has 2 amide bonds. The minimum absolute atomic E-state index is 0.00790. The van der Waals surface area contributed by atoms with E-state index in [0.717, 1.165) is 10.5 Å². The predicted molar refractivity (Wildman–Crippen MR) is 122 cm³/mol.